The molecule has 0 aliphatic heterocycles. The van der Waals surface area contributed by atoms with Crippen LogP contribution in [0.2, 0.25) is 0 Å². The molecule has 0 saturated heterocycles. The summed E-state index contributed by atoms with van der Waals surface area (Å²) in [5, 5.41) is 0. The zero-order chi connectivity index (χ0) is 8.91. The maximum absolute atomic E-state index is 11.6. The van der Waals surface area contributed by atoms with Crippen LogP contribution >= 0.6 is 11.6 Å². The minimum atomic E-state index is -4.41. The molecule has 0 atom stereocenters. The molecule has 3 nitrogen and oxygen atoms in total. The third kappa shape index (κ3) is 4.49. The second kappa shape index (κ2) is 4.84. The molecule has 0 radical (unpaired) electrons. The molecule has 0 heterocycles. The fourth-order valence-electron chi connectivity index (χ4n) is 0.344. The van der Waals surface area contributed by atoms with Gasteiger partial charge in [0, 0.05) is 12.4 Å². The summed E-state index contributed by atoms with van der Waals surface area (Å²) in [5.41, 5.74) is 0. The number of halogens is 3. The molecule has 68 valence electrons. The molecule has 7 heteroatoms. The zero-order valence-electron chi connectivity index (χ0n) is 5.56. The van der Waals surface area contributed by atoms with E-state index in [1.807, 2.05) is 0 Å². The third-order valence-electron chi connectivity index (χ3n) is 0.848. The zero-order valence-corrected chi connectivity index (χ0v) is 7.13. The van der Waals surface area contributed by atoms with Crippen molar-refractivity contribution >= 4 is 21.6 Å². The van der Waals surface area contributed by atoms with Crippen LogP contribution in [0.5, 0.6) is 0 Å². The molecule has 0 unspecified atom stereocenters. The van der Waals surface area contributed by atoms with Crippen molar-refractivity contribution in [2.75, 3.05) is 12.4 Å². The molecule has 0 aliphatic carbocycles. The molecule has 11 heavy (non-hydrogen) atoms. The average molecular weight is 208 g/mol. The van der Waals surface area contributed by atoms with Crippen molar-refractivity contribution in [2.24, 2.45) is 0 Å². The lowest BCUT2D eigenvalue weighted by Gasteiger charge is -2.02. The molecule has 1 N–H and O–H groups in total. The minimum absolute atomic E-state index is 0.0455. The predicted octanol–water partition coefficient (Wildman–Crippen LogP) is 0.757. The molecule has 0 rings (SSSR count). The van der Waals surface area contributed by atoms with Gasteiger partial charge in [-0.1, -0.05) is 0 Å². The first kappa shape index (κ1) is 11.1. The summed E-state index contributed by atoms with van der Waals surface area (Å²) in [4.78, 5) is 0. The summed E-state index contributed by atoms with van der Waals surface area (Å²) >= 11 is 5.19. The normalized spacial score (nSPS) is 12.4. The Kier molecular flexibility index (Phi) is 4.87. The molecular weight excluding hydrogens is 200 g/mol. The molecule has 0 saturated carbocycles. The number of rotatable bonds is 5. The van der Waals surface area contributed by atoms with Crippen molar-refractivity contribution in [3.63, 3.8) is 0 Å². The van der Waals surface area contributed by atoms with Crippen LogP contribution in [-0.4, -0.2) is 26.6 Å². The van der Waals surface area contributed by atoms with E-state index in [0.29, 0.717) is 6.42 Å². The van der Waals surface area contributed by atoms with Crippen molar-refractivity contribution in [1.82, 2.24) is 4.72 Å². The number of sulfonamides is 1. The molecule has 0 fully saturated rings. The van der Waals surface area contributed by atoms with E-state index in [-0.39, 0.29) is 12.4 Å². The number of nitrogens with one attached hydrogen (secondary N) is 1. The van der Waals surface area contributed by atoms with E-state index >= 15 is 0 Å². The maximum atomic E-state index is 11.6. The van der Waals surface area contributed by atoms with Crippen molar-refractivity contribution in [3.05, 3.63) is 0 Å². The van der Waals surface area contributed by atoms with E-state index in [4.69, 9.17) is 11.6 Å². The van der Waals surface area contributed by atoms with Crippen molar-refractivity contribution in [1.29, 1.82) is 0 Å². The number of hydrogen-bond donors (Lipinski definition) is 1. The van der Waals surface area contributed by atoms with Crippen molar-refractivity contribution in [3.8, 4) is 0 Å². The van der Waals surface area contributed by atoms with Gasteiger partial charge in [0.25, 0.3) is 10.0 Å². The summed E-state index contributed by atoms with van der Waals surface area (Å²) in [6.45, 7) is -0.0455. The minimum Gasteiger partial charge on any atom is -0.210 e. The second-order valence-electron chi connectivity index (χ2n) is 1.74. The topological polar surface area (TPSA) is 46.2 Å². The molecule has 0 spiro atoms. The van der Waals surface area contributed by atoms with Crippen LogP contribution in [0.15, 0.2) is 0 Å². The van der Waals surface area contributed by atoms with Crippen molar-refractivity contribution in [2.45, 2.75) is 12.2 Å². The van der Waals surface area contributed by atoms with Crippen molar-refractivity contribution < 1.29 is 17.2 Å². The van der Waals surface area contributed by atoms with Gasteiger partial charge in [-0.3, -0.25) is 0 Å². The first-order valence-corrected chi connectivity index (χ1v) is 4.91. The summed E-state index contributed by atoms with van der Waals surface area (Å²) in [7, 11) is -4.41. The Morgan fingerprint density at radius 1 is 1.45 bits per heavy atom. The molecule has 0 aliphatic rings. The van der Waals surface area contributed by atoms with E-state index in [2.05, 4.69) is 0 Å². The SMILES string of the molecule is O=S(=O)(NCCCCl)C(F)F. The molecule has 0 amide bonds. The summed E-state index contributed by atoms with van der Waals surface area (Å²) in [6.07, 6.45) is 0.341. The van der Waals surface area contributed by atoms with Crippen LogP contribution in [0.4, 0.5) is 8.78 Å². The van der Waals surface area contributed by atoms with Gasteiger partial charge in [0.05, 0.1) is 0 Å². The largest absolute Gasteiger partial charge is 0.350 e. The Balaban J connectivity index is 3.75. The maximum Gasteiger partial charge on any atom is 0.350 e. The first-order valence-electron chi connectivity index (χ1n) is 2.83. The van der Waals surface area contributed by atoms with E-state index < -0.39 is 15.8 Å². The van der Waals surface area contributed by atoms with Gasteiger partial charge in [-0.25, -0.2) is 13.1 Å². The summed E-state index contributed by atoms with van der Waals surface area (Å²) in [5.74, 6) is -3.12. The lowest BCUT2D eigenvalue weighted by atomic mass is 10.5. The van der Waals surface area contributed by atoms with E-state index in [0.717, 1.165) is 0 Å². The summed E-state index contributed by atoms with van der Waals surface area (Å²) < 4.78 is 45.4. The highest BCUT2D eigenvalue weighted by atomic mass is 35.5. The van der Waals surface area contributed by atoms with E-state index in [1.54, 1.807) is 4.72 Å². The van der Waals surface area contributed by atoms with Gasteiger partial charge in [-0.05, 0) is 6.42 Å². The van der Waals surface area contributed by atoms with Gasteiger partial charge in [0.2, 0.25) is 0 Å². The van der Waals surface area contributed by atoms with Gasteiger partial charge < -0.3 is 0 Å². The Morgan fingerprint density at radius 2 is 2.00 bits per heavy atom. The predicted molar refractivity (Wildman–Crippen MR) is 38.3 cm³/mol. The highest BCUT2D eigenvalue weighted by Crippen LogP contribution is 2.01. The van der Waals surface area contributed by atoms with Crippen LogP contribution in [0, 0.1) is 0 Å². The van der Waals surface area contributed by atoms with Crippen LogP contribution in [0.1, 0.15) is 6.42 Å². The van der Waals surface area contributed by atoms with Gasteiger partial charge >= 0.3 is 5.76 Å². The average Bonchev–Trinajstić information content (AvgIpc) is 1.88. The Labute approximate surface area is 68.8 Å². The molecule has 0 aromatic heterocycles. The van der Waals surface area contributed by atoms with Gasteiger partial charge in [0.1, 0.15) is 0 Å². The first-order chi connectivity index (χ1) is 5.00. The summed E-state index contributed by atoms with van der Waals surface area (Å²) in [6, 6.07) is 0. The Hall–Kier alpha value is 0.0600. The Bertz CT molecular complexity index is 194. The lowest BCUT2D eigenvalue weighted by Crippen LogP contribution is -2.30. The quantitative estimate of drug-likeness (QED) is 0.535. The van der Waals surface area contributed by atoms with Gasteiger partial charge in [0.15, 0.2) is 0 Å². The lowest BCUT2D eigenvalue weighted by molar-refractivity contribution is 0.232. The molecular formula is C4H8ClF2NO2S. The standard InChI is InChI=1S/C4H8ClF2NO2S/c5-2-1-3-8-11(9,10)4(6)7/h4,8H,1-3H2. The van der Waals surface area contributed by atoms with Gasteiger partial charge in [-0.2, -0.15) is 8.78 Å². The highest BCUT2D eigenvalue weighted by molar-refractivity contribution is 7.89. The van der Waals surface area contributed by atoms with E-state index in [9.17, 15) is 17.2 Å². The Morgan fingerprint density at radius 3 is 2.36 bits per heavy atom. The number of alkyl halides is 3. The number of hydrogen-bond acceptors (Lipinski definition) is 2. The van der Waals surface area contributed by atoms with Crippen LogP contribution in [-0.2, 0) is 10.0 Å². The monoisotopic (exact) mass is 207 g/mol. The van der Waals surface area contributed by atoms with Crippen LogP contribution in [0.3, 0.4) is 0 Å². The highest BCUT2D eigenvalue weighted by Gasteiger charge is 2.22. The van der Waals surface area contributed by atoms with Crippen LogP contribution < -0.4 is 4.72 Å². The molecule has 0 aromatic carbocycles. The fourth-order valence-corrected chi connectivity index (χ4v) is 1.03. The van der Waals surface area contributed by atoms with Gasteiger partial charge in [-0.15, -0.1) is 11.6 Å². The third-order valence-corrected chi connectivity index (χ3v) is 2.19. The molecule has 0 bridgehead atoms. The smallest absolute Gasteiger partial charge is 0.210 e. The molecule has 0 aromatic rings. The second-order valence-corrected chi connectivity index (χ2v) is 3.86. The van der Waals surface area contributed by atoms with Crippen LogP contribution in [0.25, 0.3) is 0 Å². The van der Waals surface area contributed by atoms with E-state index in [1.165, 1.54) is 0 Å². The fraction of sp³-hybridized carbons (Fsp3) is 1.00.